The number of terminal acetylenes is 1. The molecule has 0 radical (unpaired) electrons. The molecule has 2 N–H and O–H groups in total. The van der Waals surface area contributed by atoms with Crippen LogP contribution in [-0.4, -0.2) is 53.9 Å². The molecule has 0 unspecified atom stereocenters. The zero-order chi connectivity index (χ0) is 15.1. The Kier molecular flexibility index (Phi) is 5.71. The van der Waals surface area contributed by atoms with Crippen molar-refractivity contribution in [3.8, 4) is 12.3 Å². The van der Waals surface area contributed by atoms with Gasteiger partial charge >= 0.3 is 0 Å². The van der Waals surface area contributed by atoms with E-state index in [0.717, 1.165) is 38.9 Å². The Morgan fingerprint density at radius 1 is 1.38 bits per heavy atom. The molecule has 6 nitrogen and oxygen atoms in total. The summed E-state index contributed by atoms with van der Waals surface area (Å²) in [6, 6.07) is 0. The number of hydrogen-bond donors (Lipinski definition) is 2. The lowest BCUT2D eigenvalue weighted by atomic mass is 10.0. The number of aliphatic hydroxyl groups is 1. The van der Waals surface area contributed by atoms with E-state index >= 15 is 0 Å². The Labute approximate surface area is 126 Å². The van der Waals surface area contributed by atoms with Crippen molar-refractivity contribution in [2.75, 3.05) is 26.2 Å². The fraction of sp³-hybridized carbons (Fsp3) is 0.800. The number of amides is 1. The Hall–Kier alpha value is -1.45. The van der Waals surface area contributed by atoms with Crippen molar-refractivity contribution in [3.63, 3.8) is 0 Å². The molecule has 0 bridgehead atoms. The third kappa shape index (κ3) is 5.44. The van der Waals surface area contributed by atoms with E-state index in [1.165, 1.54) is 0 Å². The second-order valence-corrected chi connectivity index (χ2v) is 5.81. The van der Waals surface area contributed by atoms with E-state index in [2.05, 4.69) is 26.4 Å². The lowest BCUT2D eigenvalue weighted by molar-refractivity contribution is -0.121. The molecule has 0 spiro atoms. The monoisotopic (exact) mass is 292 g/mol. The summed E-state index contributed by atoms with van der Waals surface area (Å²) in [5, 5.41) is 20.4. The summed E-state index contributed by atoms with van der Waals surface area (Å²) in [6.45, 7) is 3.31. The highest BCUT2D eigenvalue weighted by atomic mass is 16.3. The topological polar surface area (TPSA) is 77.3 Å². The van der Waals surface area contributed by atoms with Crippen molar-refractivity contribution in [3.05, 3.63) is 0 Å². The van der Waals surface area contributed by atoms with Gasteiger partial charge < -0.3 is 15.3 Å². The van der Waals surface area contributed by atoms with E-state index < -0.39 is 0 Å². The van der Waals surface area contributed by atoms with Crippen LogP contribution in [0.2, 0.25) is 0 Å². The largest absolute Gasteiger partial charge is 0.393 e. The average Bonchev–Trinajstić information content (AvgIpc) is 3.26. The molecule has 1 fully saturated rings. The smallest absolute Gasteiger partial charge is 0.220 e. The van der Waals surface area contributed by atoms with Gasteiger partial charge in [-0.1, -0.05) is 0 Å². The van der Waals surface area contributed by atoms with Crippen molar-refractivity contribution in [2.45, 2.75) is 50.3 Å². The number of carbonyl (C=O) groups excluding carboxylic acids is 1. The van der Waals surface area contributed by atoms with Gasteiger partial charge in [0.2, 0.25) is 5.91 Å². The van der Waals surface area contributed by atoms with Gasteiger partial charge in [0, 0.05) is 51.9 Å². The molecule has 2 rings (SSSR count). The van der Waals surface area contributed by atoms with Gasteiger partial charge in [0.1, 0.15) is 0 Å². The lowest BCUT2D eigenvalue weighted by Crippen LogP contribution is -2.40. The third-order valence-corrected chi connectivity index (χ3v) is 4.11. The molecule has 0 aliphatic carbocycles. The Balaban J connectivity index is 1.53. The van der Waals surface area contributed by atoms with Gasteiger partial charge in [-0.2, -0.15) is 10.2 Å². The number of rotatable bonds is 8. The Morgan fingerprint density at radius 3 is 2.71 bits per heavy atom. The van der Waals surface area contributed by atoms with E-state index in [4.69, 9.17) is 6.42 Å². The van der Waals surface area contributed by atoms with E-state index in [9.17, 15) is 9.90 Å². The molecular formula is C15H24N4O2. The summed E-state index contributed by atoms with van der Waals surface area (Å²) in [4.78, 5) is 14.1. The van der Waals surface area contributed by atoms with E-state index in [-0.39, 0.29) is 17.7 Å². The zero-order valence-electron chi connectivity index (χ0n) is 12.4. The maximum atomic E-state index is 11.8. The highest BCUT2D eigenvalue weighted by Crippen LogP contribution is 2.37. The summed E-state index contributed by atoms with van der Waals surface area (Å²) in [5.74, 6) is 2.63. The minimum Gasteiger partial charge on any atom is -0.393 e. The molecule has 0 atom stereocenters. The molecule has 6 heteroatoms. The predicted molar refractivity (Wildman–Crippen MR) is 79.6 cm³/mol. The second kappa shape index (κ2) is 7.53. The van der Waals surface area contributed by atoms with Crippen molar-refractivity contribution in [1.82, 2.24) is 10.2 Å². The summed E-state index contributed by atoms with van der Waals surface area (Å²) < 4.78 is 0. The minimum atomic E-state index is -0.368. The number of aliphatic hydroxyl groups excluding tert-OH is 1. The Bertz CT molecular complexity index is 416. The van der Waals surface area contributed by atoms with Gasteiger partial charge in [-0.25, -0.2) is 0 Å². The molecular weight excluding hydrogens is 268 g/mol. The van der Waals surface area contributed by atoms with Crippen molar-refractivity contribution >= 4 is 5.91 Å². The molecule has 1 amide bonds. The maximum absolute atomic E-state index is 11.8. The highest BCUT2D eigenvalue weighted by molar-refractivity contribution is 5.75. The molecule has 0 saturated carbocycles. The maximum Gasteiger partial charge on any atom is 0.220 e. The Morgan fingerprint density at radius 2 is 2.10 bits per heavy atom. The lowest BCUT2D eigenvalue weighted by Gasteiger charge is -2.29. The van der Waals surface area contributed by atoms with Crippen LogP contribution >= 0.6 is 0 Å². The van der Waals surface area contributed by atoms with Crippen LogP contribution in [0.25, 0.3) is 0 Å². The van der Waals surface area contributed by atoms with Gasteiger partial charge in [0.25, 0.3) is 0 Å². The van der Waals surface area contributed by atoms with Crippen LogP contribution in [0.1, 0.15) is 38.5 Å². The third-order valence-electron chi connectivity index (χ3n) is 4.11. The van der Waals surface area contributed by atoms with E-state index in [1.54, 1.807) is 0 Å². The summed E-state index contributed by atoms with van der Waals surface area (Å²) in [7, 11) is 0. The van der Waals surface area contributed by atoms with E-state index in [0.29, 0.717) is 25.8 Å². The number of nitrogens with one attached hydrogen (secondary N) is 1. The number of piperidine rings is 1. The van der Waals surface area contributed by atoms with Crippen LogP contribution in [0.5, 0.6) is 0 Å². The van der Waals surface area contributed by atoms with Crippen LogP contribution in [0.3, 0.4) is 0 Å². The summed E-state index contributed by atoms with van der Waals surface area (Å²) in [5.41, 5.74) is -0.368. The number of likely N-dealkylation sites (tertiary alicyclic amines) is 1. The van der Waals surface area contributed by atoms with E-state index in [1.807, 2.05) is 0 Å². The van der Waals surface area contributed by atoms with Gasteiger partial charge in [0.15, 0.2) is 5.66 Å². The van der Waals surface area contributed by atoms with Crippen LogP contribution < -0.4 is 5.32 Å². The van der Waals surface area contributed by atoms with Crippen LogP contribution in [0.4, 0.5) is 0 Å². The van der Waals surface area contributed by atoms with Crippen LogP contribution in [0.15, 0.2) is 10.2 Å². The van der Waals surface area contributed by atoms with Gasteiger partial charge in [-0.3, -0.25) is 4.79 Å². The molecule has 21 heavy (non-hydrogen) atoms. The zero-order valence-corrected chi connectivity index (χ0v) is 12.4. The average molecular weight is 292 g/mol. The standard InChI is InChI=1S/C15H24N4O2/c1-2-3-7-15(17-18-15)8-4-14(21)16-9-12-19-10-5-13(20)6-11-19/h1,13,20H,3-12H2,(H,16,21). The van der Waals surface area contributed by atoms with Crippen LogP contribution in [-0.2, 0) is 4.79 Å². The number of carbonyl (C=O) groups is 1. The van der Waals surface area contributed by atoms with Crippen molar-refractivity contribution in [1.29, 1.82) is 0 Å². The molecule has 0 aromatic carbocycles. The number of nitrogens with zero attached hydrogens (tertiary/aromatic N) is 3. The summed E-state index contributed by atoms with van der Waals surface area (Å²) in [6.07, 6.45) is 9.22. The first-order valence-corrected chi connectivity index (χ1v) is 7.68. The second-order valence-electron chi connectivity index (χ2n) is 5.81. The first-order valence-electron chi connectivity index (χ1n) is 7.68. The molecule has 2 aliphatic heterocycles. The van der Waals surface area contributed by atoms with Gasteiger partial charge in [0.05, 0.1) is 6.10 Å². The molecule has 116 valence electrons. The predicted octanol–water partition coefficient (Wildman–Crippen LogP) is 0.915. The van der Waals surface area contributed by atoms with Crippen molar-refractivity contribution < 1.29 is 9.90 Å². The summed E-state index contributed by atoms with van der Waals surface area (Å²) >= 11 is 0. The van der Waals surface area contributed by atoms with Gasteiger partial charge in [-0.15, -0.1) is 12.3 Å². The highest BCUT2D eigenvalue weighted by Gasteiger charge is 2.39. The molecule has 1 saturated heterocycles. The molecule has 2 aliphatic rings. The quantitative estimate of drug-likeness (QED) is 0.653. The minimum absolute atomic E-state index is 0.0458. The molecule has 2 heterocycles. The molecule has 0 aromatic heterocycles. The fourth-order valence-corrected chi connectivity index (χ4v) is 2.57. The fourth-order valence-electron chi connectivity index (χ4n) is 2.57. The van der Waals surface area contributed by atoms with Crippen molar-refractivity contribution in [2.24, 2.45) is 10.2 Å². The van der Waals surface area contributed by atoms with Gasteiger partial charge in [-0.05, 0) is 12.8 Å². The molecule has 0 aromatic rings. The van der Waals surface area contributed by atoms with Crippen LogP contribution in [0, 0.1) is 12.3 Å². The first kappa shape index (κ1) is 15.9. The SMILES string of the molecule is C#CCCC1(CCC(=O)NCCN2CCC(O)CC2)N=N1. The number of hydrogen-bond acceptors (Lipinski definition) is 5. The normalized spacial score (nSPS) is 21.0. The first-order chi connectivity index (χ1) is 10.1.